The molecule has 10 heteroatoms. The van der Waals surface area contributed by atoms with Crippen molar-refractivity contribution in [2.45, 2.75) is 70.0 Å². The Labute approximate surface area is 231 Å². The molecule has 2 aromatic heterocycles. The minimum Gasteiger partial charge on any atom is -0.385 e. The minimum absolute atomic E-state index is 0.163. The number of fused-ring (bicyclic) bond motifs is 1. The minimum atomic E-state index is -0.605. The van der Waals surface area contributed by atoms with Gasteiger partial charge in [-0.2, -0.15) is 5.10 Å². The molecule has 0 spiro atoms. The monoisotopic (exact) mass is 542 g/mol. The van der Waals surface area contributed by atoms with Gasteiger partial charge in [0.15, 0.2) is 0 Å². The molecule has 2 aliphatic heterocycles. The van der Waals surface area contributed by atoms with Crippen molar-refractivity contribution in [2.75, 3.05) is 11.9 Å². The van der Waals surface area contributed by atoms with Crippen LogP contribution in [-0.2, 0) is 16.1 Å². The number of aryl methyl sites for hydroxylation is 1. The third kappa shape index (κ3) is 4.45. The van der Waals surface area contributed by atoms with E-state index in [1.54, 1.807) is 17.9 Å². The Morgan fingerprint density at radius 1 is 1.07 bits per heavy atom. The van der Waals surface area contributed by atoms with Gasteiger partial charge in [0.1, 0.15) is 11.9 Å². The van der Waals surface area contributed by atoms with E-state index in [9.17, 15) is 18.8 Å². The van der Waals surface area contributed by atoms with E-state index in [4.69, 9.17) is 5.10 Å². The Hall–Kier alpha value is -4.08. The van der Waals surface area contributed by atoms with Crippen LogP contribution in [0.5, 0.6) is 0 Å². The van der Waals surface area contributed by atoms with Gasteiger partial charge in [0, 0.05) is 48.4 Å². The van der Waals surface area contributed by atoms with Crippen LogP contribution >= 0.6 is 0 Å². The molecule has 3 fully saturated rings. The summed E-state index contributed by atoms with van der Waals surface area (Å²) >= 11 is 0. The fourth-order valence-corrected chi connectivity index (χ4v) is 6.15. The first-order valence-electron chi connectivity index (χ1n) is 14.1. The summed E-state index contributed by atoms with van der Waals surface area (Å²) in [7, 11) is 0. The molecule has 0 bridgehead atoms. The van der Waals surface area contributed by atoms with E-state index >= 15 is 0 Å². The molecule has 2 aliphatic carbocycles. The summed E-state index contributed by atoms with van der Waals surface area (Å²) in [5, 5.41) is 10.8. The van der Waals surface area contributed by atoms with E-state index in [2.05, 4.69) is 26.5 Å². The maximum atomic E-state index is 13.8. The highest BCUT2D eigenvalue weighted by Gasteiger charge is 2.39. The summed E-state index contributed by atoms with van der Waals surface area (Å²) in [6.07, 6.45) is 6.96. The number of benzene rings is 1. The summed E-state index contributed by atoms with van der Waals surface area (Å²) in [5.74, 6) is -0.188. The van der Waals surface area contributed by atoms with Crippen molar-refractivity contribution in [1.29, 1.82) is 0 Å². The van der Waals surface area contributed by atoms with Gasteiger partial charge in [-0.15, -0.1) is 0 Å². The molecule has 4 aliphatic rings. The van der Waals surface area contributed by atoms with Crippen molar-refractivity contribution in [2.24, 2.45) is 5.92 Å². The fraction of sp³-hybridized carbons (Fsp3) is 0.433. The molecule has 1 saturated heterocycles. The average Bonchev–Trinajstić information content (AvgIpc) is 3.59. The zero-order valence-corrected chi connectivity index (χ0v) is 22.3. The molecule has 40 heavy (non-hydrogen) atoms. The number of amides is 3. The lowest BCUT2D eigenvalue weighted by Gasteiger charge is -2.35. The molecule has 206 valence electrons. The van der Waals surface area contributed by atoms with Crippen LogP contribution in [0, 0.1) is 18.7 Å². The van der Waals surface area contributed by atoms with E-state index in [1.807, 2.05) is 18.2 Å². The van der Waals surface area contributed by atoms with Crippen molar-refractivity contribution < 1.29 is 18.8 Å². The number of rotatable bonds is 7. The van der Waals surface area contributed by atoms with Crippen LogP contribution in [-0.4, -0.2) is 50.0 Å². The van der Waals surface area contributed by atoms with Crippen molar-refractivity contribution in [3.8, 4) is 11.3 Å². The molecule has 3 amide bonds. The van der Waals surface area contributed by atoms with Gasteiger partial charge in [0.2, 0.25) is 11.8 Å². The second kappa shape index (κ2) is 9.53. The van der Waals surface area contributed by atoms with Gasteiger partial charge < -0.3 is 10.2 Å². The quantitative estimate of drug-likeness (QED) is 0.436. The maximum absolute atomic E-state index is 13.8. The number of halogens is 1. The van der Waals surface area contributed by atoms with Crippen molar-refractivity contribution in [3.05, 3.63) is 64.9 Å². The molecule has 9 nitrogen and oxygen atoms in total. The summed E-state index contributed by atoms with van der Waals surface area (Å²) in [5.41, 5.74) is 5.68. The molecular weight excluding hydrogens is 511 g/mol. The second-order valence-corrected chi connectivity index (χ2v) is 11.6. The predicted molar refractivity (Wildman–Crippen MR) is 145 cm³/mol. The highest BCUT2D eigenvalue weighted by molar-refractivity contribution is 6.05. The van der Waals surface area contributed by atoms with Gasteiger partial charge in [0.25, 0.3) is 5.91 Å². The zero-order chi connectivity index (χ0) is 27.5. The lowest BCUT2D eigenvalue weighted by Crippen LogP contribution is -2.52. The first-order valence-corrected chi connectivity index (χ1v) is 14.1. The smallest absolute Gasteiger partial charge is 0.255 e. The van der Waals surface area contributed by atoms with Crippen LogP contribution in [0.15, 0.2) is 36.5 Å². The molecule has 7 rings (SSSR count). The molecule has 1 unspecified atom stereocenters. The van der Waals surface area contributed by atoms with E-state index in [-0.39, 0.29) is 24.1 Å². The molecule has 2 N–H and O–H groups in total. The Morgan fingerprint density at radius 2 is 1.90 bits per heavy atom. The van der Waals surface area contributed by atoms with Crippen molar-refractivity contribution in [1.82, 2.24) is 25.0 Å². The molecule has 3 aromatic rings. The summed E-state index contributed by atoms with van der Waals surface area (Å²) < 4.78 is 15.9. The van der Waals surface area contributed by atoms with Crippen LogP contribution in [0.1, 0.15) is 77.8 Å². The van der Waals surface area contributed by atoms with E-state index in [0.717, 1.165) is 60.4 Å². The number of hydrogen-bond donors (Lipinski definition) is 2. The lowest BCUT2D eigenvalue weighted by atomic mass is 9.80. The number of hydrogen-bond acceptors (Lipinski definition) is 6. The molecule has 1 atom stereocenters. The largest absolute Gasteiger partial charge is 0.385 e. The number of anilines is 1. The number of aromatic nitrogens is 3. The summed E-state index contributed by atoms with van der Waals surface area (Å²) in [6, 6.07) is 8.75. The number of nitrogens with zero attached hydrogens (tertiary/aromatic N) is 4. The van der Waals surface area contributed by atoms with Crippen LogP contribution < -0.4 is 10.6 Å². The van der Waals surface area contributed by atoms with Crippen LogP contribution in [0.3, 0.4) is 0 Å². The fourth-order valence-electron chi connectivity index (χ4n) is 6.15. The molecule has 1 aromatic carbocycles. The Balaban J connectivity index is 0.974. The van der Waals surface area contributed by atoms with Gasteiger partial charge in [-0.1, -0.05) is 6.07 Å². The Morgan fingerprint density at radius 3 is 2.65 bits per heavy atom. The topological polar surface area (TPSA) is 109 Å². The molecular formula is C30H31FN6O3. The second-order valence-electron chi connectivity index (χ2n) is 11.6. The van der Waals surface area contributed by atoms with Gasteiger partial charge in [-0.05, 0) is 74.8 Å². The third-order valence-corrected chi connectivity index (χ3v) is 8.73. The number of pyridine rings is 1. The Kier molecular flexibility index (Phi) is 5.94. The first-order chi connectivity index (χ1) is 19.3. The molecule has 2 saturated carbocycles. The SMILES string of the molecule is Cc1nc(-c2cn([C@H]3C[C@H](CNc4ccc5c(c4)C(=O)N(C4CCC(=O)NC4=O)C5)C3)nc2C2CC2)ccc1F. The summed E-state index contributed by atoms with van der Waals surface area (Å²) in [4.78, 5) is 42.9. The molecule has 0 radical (unpaired) electrons. The van der Waals surface area contributed by atoms with E-state index in [0.29, 0.717) is 42.1 Å². The van der Waals surface area contributed by atoms with Crippen LogP contribution in [0.4, 0.5) is 10.1 Å². The standard InChI is InChI=1S/C30H31FN6O3/c1-16-24(31)6-7-25(33-16)23-15-37(35-28(23)18-2-3-18)21-10-17(11-21)13-32-20-5-4-19-14-36(30(40)22(19)12-20)26-8-9-27(38)34-29(26)39/h4-7,12,15,17-18,21,26,32H,2-3,8-11,13-14H2,1H3,(H,34,38,39)/t17-,21-,26?. The third-order valence-electron chi connectivity index (χ3n) is 8.73. The maximum Gasteiger partial charge on any atom is 0.255 e. The number of nitrogens with one attached hydrogen (secondary N) is 2. The normalized spacial score (nSPS) is 24.1. The molecule has 4 heterocycles. The van der Waals surface area contributed by atoms with E-state index < -0.39 is 11.9 Å². The van der Waals surface area contributed by atoms with Crippen LogP contribution in [0.25, 0.3) is 11.3 Å². The van der Waals surface area contributed by atoms with Crippen molar-refractivity contribution in [3.63, 3.8) is 0 Å². The van der Waals surface area contributed by atoms with Gasteiger partial charge in [-0.3, -0.25) is 24.4 Å². The van der Waals surface area contributed by atoms with Gasteiger partial charge in [-0.25, -0.2) is 9.37 Å². The highest BCUT2D eigenvalue weighted by Crippen LogP contribution is 2.45. The van der Waals surface area contributed by atoms with Gasteiger partial charge >= 0.3 is 0 Å². The first kappa shape index (κ1) is 24.9. The zero-order valence-electron chi connectivity index (χ0n) is 22.3. The highest BCUT2D eigenvalue weighted by atomic mass is 19.1. The number of piperidine rings is 1. The number of carbonyl (C=O) groups is 3. The number of imide groups is 1. The average molecular weight is 543 g/mol. The Bertz CT molecular complexity index is 1540. The van der Waals surface area contributed by atoms with E-state index in [1.165, 1.54) is 6.07 Å². The summed E-state index contributed by atoms with van der Waals surface area (Å²) in [6.45, 7) is 2.87. The van der Waals surface area contributed by atoms with Gasteiger partial charge in [0.05, 0.1) is 23.1 Å². The predicted octanol–water partition coefficient (Wildman–Crippen LogP) is 4.09. The number of carbonyl (C=O) groups excluding carboxylic acids is 3. The lowest BCUT2D eigenvalue weighted by molar-refractivity contribution is -0.136. The van der Waals surface area contributed by atoms with Crippen LogP contribution in [0.2, 0.25) is 0 Å². The van der Waals surface area contributed by atoms with Crippen molar-refractivity contribution >= 4 is 23.4 Å².